The molecule has 1 aliphatic carbocycles. The lowest BCUT2D eigenvalue weighted by molar-refractivity contribution is 0.00578. The van der Waals surface area contributed by atoms with Gasteiger partial charge in [0, 0.05) is 12.1 Å². The third kappa shape index (κ3) is 3.78. The molecule has 162 valence electrons. The molecule has 0 N–H and O–H groups in total. The van der Waals surface area contributed by atoms with Gasteiger partial charge in [-0.15, -0.1) is 0 Å². The van der Waals surface area contributed by atoms with Crippen LogP contribution in [-0.2, 0) is 15.9 Å². The zero-order chi connectivity index (χ0) is 22.5. The summed E-state index contributed by atoms with van der Waals surface area (Å²) in [6, 6.07) is 18.1. The number of ether oxygens (including phenoxy) is 1. The van der Waals surface area contributed by atoms with Crippen LogP contribution >= 0.6 is 0 Å². The topological polar surface area (TPSA) is 70.8 Å². The largest absolute Gasteiger partial charge is 0.494 e. The lowest BCUT2D eigenvalue weighted by atomic mass is 9.79. The van der Waals surface area contributed by atoms with Crippen LogP contribution in [0.4, 0.5) is 0 Å². The molecule has 0 aromatic heterocycles. The predicted octanol–water partition coefficient (Wildman–Crippen LogP) is 4.17. The SMILES string of the molecule is CC1(C)OB(c2ccc(COc3ccc4nc5ccc(=O)cc-5oc4c3)cc2)OC1(C)C. The Morgan fingerprint density at radius 3 is 2.34 bits per heavy atom. The van der Waals surface area contributed by atoms with Gasteiger partial charge in [-0.1, -0.05) is 24.3 Å². The van der Waals surface area contributed by atoms with Gasteiger partial charge in [-0.05, 0) is 63.0 Å². The lowest BCUT2D eigenvalue weighted by Gasteiger charge is -2.32. The second kappa shape index (κ2) is 7.47. The summed E-state index contributed by atoms with van der Waals surface area (Å²) in [5, 5.41) is 0. The fourth-order valence-corrected chi connectivity index (χ4v) is 3.59. The summed E-state index contributed by atoms with van der Waals surface area (Å²) in [6.07, 6.45) is 0. The van der Waals surface area contributed by atoms with Crippen LogP contribution in [0.2, 0.25) is 0 Å². The van der Waals surface area contributed by atoms with Crippen LogP contribution in [0.5, 0.6) is 5.75 Å². The summed E-state index contributed by atoms with van der Waals surface area (Å²) >= 11 is 0. The highest BCUT2D eigenvalue weighted by molar-refractivity contribution is 6.62. The van der Waals surface area contributed by atoms with Crippen molar-refractivity contribution in [3.63, 3.8) is 0 Å². The molecule has 2 aromatic carbocycles. The fraction of sp³-hybridized carbons (Fsp3) is 0.280. The van der Waals surface area contributed by atoms with Gasteiger partial charge in [-0.2, -0.15) is 0 Å². The fourth-order valence-electron chi connectivity index (χ4n) is 3.59. The van der Waals surface area contributed by atoms with Crippen molar-refractivity contribution in [1.29, 1.82) is 0 Å². The maximum absolute atomic E-state index is 11.6. The number of nitrogens with zero attached hydrogens (tertiary/aromatic N) is 1. The molecule has 1 fully saturated rings. The molecule has 1 saturated heterocycles. The first-order valence-electron chi connectivity index (χ1n) is 10.6. The number of aromatic nitrogens is 1. The molecular formula is C25H24BNO5. The molecule has 2 heterocycles. The Bertz CT molecular complexity index is 1300. The maximum atomic E-state index is 11.6. The first-order chi connectivity index (χ1) is 15.2. The van der Waals surface area contributed by atoms with E-state index < -0.39 is 0 Å². The molecule has 2 aliphatic heterocycles. The second-order valence-corrected chi connectivity index (χ2v) is 9.09. The second-order valence-electron chi connectivity index (χ2n) is 9.09. The van der Waals surface area contributed by atoms with Crippen LogP contribution in [-0.4, -0.2) is 23.3 Å². The molecule has 0 amide bonds. The zero-order valence-corrected chi connectivity index (χ0v) is 18.5. The summed E-state index contributed by atoms with van der Waals surface area (Å²) < 4.78 is 24.0. The zero-order valence-electron chi connectivity index (χ0n) is 18.5. The van der Waals surface area contributed by atoms with Crippen molar-refractivity contribution in [2.45, 2.75) is 45.5 Å². The minimum absolute atomic E-state index is 0.112. The van der Waals surface area contributed by atoms with Crippen LogP contribution in [0.3, 0.4) is 0 Å². The van der Waals surface area contributed by atoms with Crippen molar-refractivity contribution in [2.24, 2.45) is 0 Å². The van der Waals surface area contributed by atoms with Crippen molar-refractivity contribution < 1.29 is 18.5 Å². The Balaban J connectivity index is 1.30. The van der Waals surface area contributed by atoms with Crippen LogP contribution in [0.15, 0.2) is 69.9 Å². The molecule has 5 rings (SSSR count). The highest BCUT2D eigenvalue weighted by Gasteiger charge is 2.51. The summed E-state index contributed by atoms with van der Waals surface area (Å²) in [4.78, 5) is 16.1. The number of benzene rings is 3. The van der Waals surface area contributed by atoms with Crippen molar-refractivity contribution in [3.05, 3.63) is 76.5 Å². The molecule has 0 radical (unpaired) electrons. The third-order valence-corrected chi connectivity index (χ3v) is 6.23. The van der Waals surface area contributed by atoms with Crippen LogP contribution in [0, 0.1) is 0 Å². The van der Waals surface area contributed by atoms with E-state index in [1.807, 2.05) is 64.1 Å². The Hall–Kier alpha value is -3.16. The monoisotopic (exact) mass is 429 g/mol. The van der Waals surface area contributed by atoms with Gasteiger partial charge in [0.2, 0.25) is 0 Å². The predicted molar refractivity (Wildman–Crippen MR) is 123 cm³/mol. The van der Waals surface area contributed by atoms with Gasteiger partial charge in [0.05, 0.1) is 11.2 Å². The first-order valence-corrected chi connectivity index (χ1v) is 10.6. The molecule has 0 atom stereocenters. The van der Waals surface area contributed by atoms with Gasteiger partial charge in [0.15, 0.2) is 16.8 Å². The standard InChI is InChI=1S/C25H24BNO5/c1-24(2)25(3,4)32-26(31-24)17-7-5-16(6-8-17)15-29-19-10-12-21-23(14-19)30-22-13-18(28)9-11-20(22)27-21/h5-14H,15H2,1-4H3. The minimum Gasteiger partial charge on any atom is -0.489 e. The Labute approximate surface area is 186 Å². The Morgan fingerprint density at radius 2 is 1.62 bits per heavy atom. The van der Waals surface area contributed by atoms with Crippen molar-refractivity contribution >= 4 is 23.7 Å². The van der Waals surface area contributed by atoms with E-state index in [0.29, 0.717) is 34.9 Å². The van der Waals surface area contributed by atoms with Gasteiger partial charge in [0.1, 0.15) is 23.6 Å². The normalized spacial score (nSPS) is 17.2. The van der Waals surface area contributed by atoms with Crippen molar-refractivity contribution in [2.75, 3.05) is 0 Å². The smallest absolute Gasteiger partial charge is 0.489 e. The van der Waals surface area contributed by atoms with Gasteiger partial charge in [-0.3, -0.25) is 4.79 Å². The molecular weight excluding hydrogens is 405 g/mol. The van der Waals surface area contributed by atoms with E-state index in [9.17, 15) is 4.79 Å². The number of hydrogen-bond acceptors (Lipinski definition) is 6. The Kier molecular flexibility index (Phi) is 4.84. The molecule has 3 aliphatic rings. The molecule has 2 aromatic rings. The van der Waals surface area contributed by atoms with E-state index in [0.717, 1.165) is 11.0 Å². The first kappa shape index (κ1) is 20.7. The van der Waals surface area contributed by atoms with Crippen molar-refractivity contribution in [3.8, 4) is 17.2 Å². The lowest BCUT2D eigenvalue weighted by Crippen LogP contribution is -2.41. The molecule has 0 bridgehead atoms. The van der Waals surface area contributed by atoms with Crippen LogP contribution in [0.1, 0.15) is 33.3 Å². The quantitative estimate of drug-likeness (QED) is 0.358. The van der Waals surface area contributed by atoms with Crippen LogP contribution < -0.4 is 15.6 Å². The van der Waals surface area contributed by atoms with E-state index in [1.54, 1.807) is 12.1 Å². The van der Waals surface area contributed by atoms with Gasteiger partial charge >= 0.3 is 7.12 Å². The molecule has 0 saturated carbocycles. The third-order valence-electron chi connectivity index (χ3n) is 6.23. The van der Waals surface area contributed by atoms with Crippen LogP contribution in [0.25, 0.3) is 22.6 Å². The average Bonchev–Trinajstić information content (AvgIpc) is 2.98. The summed E-state index contributed by atoms with van der Waals surface area (Å²) in [5.41, 5.74) is 3.08. The number of hydrogen-bond donors (Lipinski definition) is 0. The van der Waals surface area contributed by atoms with Gasteiger partial charge in [-0.25, -0.2) is 4.98 Å². The number of fused-ring (bicyclic) bond motifs is 2. The van der Waals surface area contributed by atoms with E-state index in [2.05, 4.69) is 4.98 Å². The molecule has 32 heavy (non-hydrogen) atoms. The minimum atomic E-state index is -0.381. The number of rotatable bonds is 4. The molecule has 7 heteroatoms. The summed E-state index contributed by atoms with van der Waals surface area (Å²) in [7, 11) is -0.381. The molecule has 0 unspecified atom stereocenters. The van der Waals surface area contributed by atoms with Gasteiger partial charge < -0.3 is 18.5 Å². The van der Waals surface area contributed by atoms with Gasteiger partial charge in [0.25, 0.3) is 0 Å². The van der Waals surface area contributed by atoms with E-state index in [-0.39, 0.29) is 23.7 Å². The maximum Gasteiger partial charge on any atom is 0.494 e. The summed E-state index contributed by atoms with van der Waals surface area (Å²) in [6.45, 7) is 8.58. The summed E-state index contributed by atoms with van der Waals surface area (Å²) in [5.74, 6) is 1.12. The van der Waals surface area contributed by atoms with E-state index in [1.165, 1.54) is 12.1 Å². The van der Waals surface area contributed by atoms with E-state index in [4.69, 9.17) is 18.5 Å². The molecule has 6 nitrogen and oxygen atoms in total. The molecule has 0 spiro atoms. The highest BCUT2D eigenvalue weighted by atomic mass is 16.7. The average molecular weight is 429 g/mol. The Morgan fingerprint density at radius 1 is 0.906 bits per heavy atom. The highest BCUT2D eigenvalue weighted by Crippen LogP contribution is 2.36. The van der Waals surface area contributed by atoms with E-state index >= 15 is 0 Å². The van der Waals surface area contributed by atoms with Crippen molar-refractivity contribution in [1.82, 2.24) is 4.98 Å².